The smallest absolute Gasteiger partial charge is 0.226 e. The van der Waals surface area contributed by atoms with Gasteiger partial charge in [-0.15, -0.1) is 12.4 Å². The van der Waals surface area contributed by atoms with Gasteiger partial charge in [-0.25, -0.2) is 0 Å². The molecule has 27 heavy (non-hydrogen) atoms. The molecule has 0 spiro atoms. The van der Waals surface area contributed by atoms with Crippen molar-refractivity contribution in [2.24, 2.45) is 7.05 Å². The third-order valence-corrected chi connectivity index (χ3v) is 4.04. The molecular formula is C18H25ClN6O2. The summed E-state index contributed by atoms with van der Waals surface area (Å²) in [5.41, 5.74) is 1.83. The van der Waals surface area contributed by atoms with E-state index in [1.807, 2.05) is 31.3 Å². The number of nitrogens with one attached hydrogen (secondary N) is 2. The van der Waals surface area contributed by atoms with E-state index in [1.54, 1.807) is 25.1 Å². The fraction of sp³-hybridized carbons (Fsp3) is 0.389. The molecule has 0 unspecified atom stereocenters. The van der Waals surface area contributed by atoms with Gasteiger partial charge in [0.2, 0.25) is 5.95 Å². The summed E-state index contributed by atoms with van der Waals surface area (Å²) >= 11 is 0. The van der Waals surface area contributed by atoms with E-state index in [2.05, 4.69) is 25.7 Å². The van der Waals surface area contributed by atoms with Crippen LogP contribution in [0.4, 0.5) is 11.8 Å². The molecule has 9 heteroatoms. The summed E-state index contributed by atoms with van der Waals surface area (Å²) in [5.74, 6) is 2.15. The Morgan fingerprint density at radius 3 is 2.70 bits per heavy atom. The highest BCUT2D eigenvalue weighted by atomic mass is 35.5. The summed E-state index contributed by atoms with van der Waals surface area (Å²) < 4.78 is 12.2. The van der Waals surface area contributed by atoms with E-state index in [-0.39, 0.29) is 12.4 Å². The molecule has 0 saturated heterocycles. The van der Waals surface area contributed by atoms with Gasteiger partial charge in [0, 0.05) is 39.4 Å². The quantitative estimate of drug-likeness (QED) is 0.541. The average Bonchev–Trinajstić information content (AvgIpc) is 3.04. The zero-order chi connectivity index (χ0) is 18.4. The van der Waals surface area contributed by atoms with E-state index in [4.69, 9.17) is 9.47 Å². The summed E-state index contributed by atoms with van der Waals surface area (Å²) in [6.45, 7) is 2.02. The Kier molecular flexibility index (Phi) is 7.63. The highest BCUT2D eigenvalue weighted by Crippen LogP contribution is 2.24. The maximum Gasteiger partial charge on any atom is 0.226 e. The number of anilines is 2. The lowest BCUT2D eigenvalue weighted by Crippen LogP contribution is -2.11. The molecule has 3 aromatic rings. The number of methoxy groups -OCH3 is 2. The van der Waals surface area contributed by atoms with E-state index in [0.29, 0.717) is 19.1 Å². The van der Waals surface area contributed by atoms with Crippen LogP contribution in [0.25, 0.3) is 11.0 Å². The van der Waals surface area contributed by atoms with Crippen molar-refractivity contribution in [3.63, 3.8) is 0 Å². The molecular weight excluding hydrogens is 368 g/mol. The van der Waals surface area contributed by atoms with Crippen LogP contribution in [0.15, 0.2) is 30.5 Å². The third-order valence-electron chi connectivity index (χ3n) is 4.04. The van der Waals surface area contributed by atoms with Crippen LogP contribution in [0.2, 0.25) is 0 Å². The number of nitrogens with zero attached hydrogens (tertiary/aromatic N) is 4. The Balaban J connectivity index is 0.00000261. The SMILES string of the molecule is COCCCNc1nc(NCc2ccccc2OC)c2cnn(C)c2n1.Cl. The molecule has 3 rings (SSSR count). The highest BCUT2D eigenvalue weighted by Gasteiger charge is 2.12. The minimum atomic E-state index is 0. The first-order valence-electron chi connectivity index (χ1n) is 8.51. The fourth-order valence-corrected chi connectivity index (χ4v) is 2.68. The standard InChI is InChI=1S/C18H24N6O2.ClH/c1-24-17-14(12-21-24)16(22-18(23-17)19-9-6-10-25-2)20-11-13-7-4-5-8-15(13)26-3;/h4-5,7-8,12H,6,9-11H2,1-3H3,(H2,19,20,22,23);1H. The number of hydrogen-bond acceptors (Lipinski definition) is 7. The predicted octanol–water partition coefficient (Wildman–Crippen LogP) is 2.85. The molecule has 0 amide bonds. The molecule has 0 aliphatic carbocycles. The Hall–Kier alpha value is -2.58. The van der Waals surface area contributed by atoms with Crippen molar-refractivity contribution in [1.82, 2.24) is 19.7 Å². The van der Waals surface area contributed by atoms with Crippen LogP contribution in [0, 0.1) is 0 Å². The molecule has 2 aromatic heterocycles. The van der Waals surface area contributed by atoms with E-state index in [9.17, 15) is 0 Å². The number of ether oxygens (including phenoxy) is 2. The zero-order valence-electron chi connectivity index (χ0n) is 15.7. The lowest BCUT2D eigenvalue weighted by molar-refractivity contribution is 0.197. The van der Waals surface area contributed by atoms with Gasteiger partial charge in [0.05, 0.1) is 18.7 Å². The van der Waals surface area contributed by atoms with Crippen LogP contribution in [0.3, 0.4) is 0 Å². The second-order valence-corrected chi connectivity index (χ2v) is 5.84. The van der Waals surface area contributed by atoms with Crippen LogP contribution in [0.1, 0.15) is 12.0 Å². The van der Waals surface area contributed by atoms with Gasteiger partial charge in [0.1, 0.15) is 11.6 Å². The van der Waals surface area contributed by atoms with Gasteiger partial charge in [-0.05, 0) is 12.5 Å². The first-order chi connectivity index (χ1) is 12.7. The van der Waals surface area contributed by atoms with E-state index in [1.165, 1.54) is 0 Å². The summed E-state index contributed by atoms with van der Waals surface area (Å²) in [6, 6.07) is 7.91. The number of hydrogen-bond donors (Lipinski definition) is 2. The van der Waals surface area contributed by atoms with E-state index in [0.717, 1.165) is 41.1 Å². The van der Waals surface area contributed by atoms with E-state index < -0.39 is 0 Å². The molecule has 0 aliphatic rings. The number of para-hydroxylation sites is 1. The second kappa shape index (κ2) is 9.94. The zero-order valence-corrected chi connectivity index (χ0v) is 16.5. The van der Waals surface area contributed by atoms with Gasteiger partial charge in [-0.2, -0.15) is 15.1 Å². The molecule has 146 valence electrons. The van der Waals surface area contributed by atoms with Crippen LogP contribution in [-0.2, 0) is 18.3 Å². The Labute approximate surface area is 164 Å². The van der Waals surface area contributed by atoms with Crippen molar-refractivity contribution in [3.8, 4) is 5.75 Å². The van der Waals surface area contributed by atoms with Gasteiger partial charge in [-0.1, -0.05) is 18.2 Å². The fourth-order valence-electron chi connectivity index (χ4n) is 2.68. The van der Waals surface area contributed by atoms with Gasteiger partial charge in [-0.3, -0.25) is 4.68 Å². The minimum Gasteiger partial charge on any atom is -0.496 e. The molecule has 2 heterocycles. The first-order valence-corrected chi connectivity index (χ1v) is 8.51. The van der Waals surface area contributed by atoms with Crippen LogP contribution >= 0.6 is 12.4 Å². The lowest BCUT2D eigenvalue weighted by atomic mass is 10.2. The molecule has 1 aromatic carbocycles. The van der Waals surface area contributed by atoms with Crippen LogP contribution in [-0.4, -0.2) is 47.1 Å². The largest absolute Gasteiger partial charge is 0.496 e. The summed E-state index contributed by atoms with van der Waals surface area (Å²) in [5, 5.41) is 11.8. The summed E-state index contributed by atoms with van der Waals surface area (Å²) in [4.78, 5) is 9.17. The minimum absolute atomic E-state index is 0. The van der Waals surface area contributed by atoms with Crippen LogP contribution < -0.4 is 15.4 Å². The highest BCUT2D eigenvalue weighted by molar-refractivity contribution is 5.87. The Morgan fingerprint density at radius 2 is 1.93 bits per heavy atom. The topological polar surface area (TPSA) is 86.1 Å². The lowest BCUT2D eigenvalue weighted by Gasteiger charge is -2.12. The van der Waals surface area contributed by atoms with Crippen molar-refractivity contribution >= 4 is 35.2 Å². The monoisotopic (exact) mass is 392 g/mol. The number of rotatable bonds is 9. The van der Waals surface area contributed by atoms with Crippen molar-refractivity contribution < 1.29 is 9.47 Å². The van der Waals surface area contributed by atoms with Crippen molar-refractivity contribution in [1.29, 1.82) is 0 Å². The van der Waals surface area contributed by atoms with Crippen molar-refractivity contribution in [2.45, 2.75) is 13.0 Å². The predicted molar refractivity (Wildman–Crippen MR) is 109 cm³/mol. The van der Waals surface area contributed by atoms with Crippen molar-refractivity contribution in [3.05, 3.63) is 36.0 Å². The Bertz CT molecular complexity index is 870. The first kappa shape index (κ1) is 20.7. The van der Waals surface area contributed by atoms with Gasteiger partial charge >= 0.3 is 0 Å². The van der Waals surface area contributed by atoms with E-state index >= 15 is 0 Å². The molecule has 0 bridgehead atoms. The Morgan fingerprint density at radius 1 is 1.11 bits per heavy atom. The average molecular weight is 393 g/mol. The molecule has 0 radical (unpaired) electrons. The maximum atomic E-state index is 5.41. The number of aryl methyl sites for hydroxylation is 1. The number of aromatic nitrogens is 4. The molecule has 8 nitrogen and oxygen atoms in total. The number of halogens is 1. The van der Waals surface area contributed by atoms with Crippen LogP contribution in [0.5, 0.6) is 5.75 Å². The normalized spacial score (nSPS) is 10.5. The van der Waals surface area contributed by atoms with Gasteiger partial charge in [0.15, 0.2) is 5.65 Å². The number of benzene rings is 1. The second-order valence-electron chi connectivity index (χ2n) is 5.84. The molecule has 2 N–H and O–H groups in total. The number of fused-ring (bicyclic) bond motifs is 1. The van der Waals surface area contributed by atoms with Gasteiger partial charge < -0.3 is 20.1 Å². The van der Waals surface area contributed by atoms with Gasteiger partial charge in [0.25, 0.3) is 0 Å². The maximum absolute atomic E-state index is 5.41. The third kappa shape index (κ3) is 4.99. The molecule has 0 saturated carbocycles. The molecule has 0 aliphatic heterocycles. The summed E-state index contributed by atoms with van der Waals surface area (Å²) in [6.07, 6.45) is 2.65. The molecule has 0 atom stereocenters. The summed E-state index contributed by atoms with van der Waals surface area (Å²) in [7, 11) is 5.23. The molecule has 0 fully saturated rings. The van der Waals surface area contributed by atoms with Crippen molar-refractivity contribution in [2.75, 3.05) is 38.0 Å².